The maximum atomic E-state index is 11.8. The van der Waals surface area contributed by atoms with Crippen LogP contribution in [0.1, 0.15) is 19.4 Å². The van der Waals surface area contributed by atoms with Crippen LogP contribution >= 0.6 is 0 Å². The molecule has 4 heterocycles. The molecule has 0 radical (unpaired) electrons. The van der Waals surface area contributed by atoms with Gasteiger partial charge in [0.2, 0.25) is 11.8 Å². The lowest BCUT2D eigenvalue weighted by atomic mass is 10.1. The summed E-state index contributed by atoms with van der Waals surface area (Å²) in [5.41, 5.74) is 7.30. The molecule has 0 saturated heterocycles. The first-order valence-electron chi connectivity index (χ1n) is 9.47. The van der Waals surface area contributed by atoms with Crippen molar-refractivity contribution >= 4 is 16.8 Å². The molecule has 0 aliphatic carbocycles. The molecule has 10 nitrogen and oxygen atoms in total. The van der Waals surface area contributed by atoms with Crippen LogP contribution < -0.4 is 16.0 Å². The topological polar surface area (TPSA) is 141 Å². The molecule has 4 aromatic rings. The number of ether oxygens (including phenoxy) is 1. The van der Waals surface area contributed by atoms with Crippen molar-refractivity contribution < 1.29 is 14.6 Å². The van der Waals surface area contributed by atoms with Crippen molar-refractivity contribution in [2.75, 3.05) is 7.11 Å². The normalized spacial score (nSPS) is 11.7. The number of aryl methyl sites for hydroxylation is 1. The zero-order valence-corrected chi connectivity index (χ0v) is 17.5. The summed E-state index contributed by atoms with van der Waals surface area (Å²) in [6, 6.07) is 3.43. The molecule has 0 aromatic carbocycles. The predicted octanol–water partition coefficient (Wildman–Crippen LogP) is 1.82. The van der Waals surface area contributed by atoms with Crippen LogP contribution in [0, 0.1) is 6.92 Å². The number of rotatable bonds is 5. The monoisotopic (exact) mass is 422 g/mol. The smallest absolute Gasteiger partial charge is 0.290 e. The summed E-state index contributed by atoms with van der Waals surface area (Å²) in [4.78, 5) is 30.8. The Labute approximate surface area is 176 Å². The second-order valence-corrected chi connectivity index (χ2v) is 7.76. The van der Waals surface area contributed by atoms with Crippen LogP contribution in [0.15, 0.2) is 41.7 Å². The maximum absolute atomic E-state index is 11.8. The highest BCUT2D eigenvalue weighted by molar-refractivity contribution is 5.90. The molecule has 160 valence electrons. The number of H-pyrrole nitrogens is 1. The Morgan fingerprint density at radius 2 is 2.03 bits per heavy atom. The minimum absolute atomic E-state index is 0.00188. The van der Waals surface area contributed by atoms with E-state index in [1.807, 2.05) is 13.0 Å². The van der Waals surface area contributed by atoms with E-state index in [1.165, 1.54) is 18.0 Å². The van der Waals surface area contributed by atoms with Crippen LogP contribution in [0.5, 0.6) is 11.6 Å². The molecule has 0 unspecified atom stereocenters. The van der Waals surface area contributed by atoms with E-state index >= 15 is 0 Å². The molecule has 10 heteroatoms. The second-order valence-electron chi connectivity index (χ2n) is 7.76. The number of carbonyl (C=O) groups is 1. The van der Waals surface area contributed by atoms with Crippen LogP contribution in [0.3, 0.4) is 0 Å². The summed E-state index contributed by atoms with van der Waals surface area (Å²) in [6.45, 7) is 5.18. The van der Waals surface area contributed by atoms with Gasteiger partial charge in [0, 0.05) is 18.0 Å². The van der Waals surface area contributed by atoms with Crippen LogP contribution in [0.25, 0.3) is 27.8 Å². The molecule has 0 spiro atoms. The number of nitrogens with two attached hydrogens (primary N) is 1. The molecule has 4 N–H and O–H groups in total. The Balaban J connectivity index is 1.83. The first kappa shape index (κ1) is 20.2. The molecule has 0 aliphatic rings. The number of methoxy groups -OCH3 is 1. The number of hydrogen-bond donors (Lipinski definition) is 3. The summed E-state index contributed by atoms with van der Waals surface area (Å²) < 4.78 is 8.09. The van der Waals surface area contributed by atoms with Gasteiger partial charge in [-0.25, -0.2) is 4.98 Å². The number of aromatic nitrogens is 5. The number of primary amides is 1. The SMILES string of the molecule is COc1cc(-c2cc(C)c3c(O)n(-c4cnn(C(C)(C)C(N)=O)c4)cc3n2)c[nH]c1=O. The molecule has 4 rings (SSSR count). The highest BCUT2D eigenvalue weighted by atomic mass is 16.5. The number of pyridine rings is 2. The average Bonchev–Trinajstić information content (AvgIpc) is 3.33. The molecule has 0 fully saturated rings. The van der Waals surface area contributed by atoms with Crippen LogP contribution in [0.2, 0.25) is 0 Å². The van der Waals surface area contributed by atoms with Crippen LogP contribution in [-0.4, -0.2) is 42.4 Å². The number of hydrogen-bond acceptors (Lipinski definition) is 6. The third kappa shape index (κ3) is 3.21. The lowest BCUT2D eigenvalue weighted by Gasteiger charge is -2.20. The lowest BCUT2D eigenvalue weighted by Crippen LogP contribution is -2.41. The Bertz CT molecular complexity index is 1380. The van der Waals surface area contributed by atoms with E-state index in [-0.39, 0.29) is 17.2 Å². The minimum atomic E-state index is -1.02. The predicted molar refractivity (Wildman–Crippen MR) is 114 cm³/mol. The zero-order valence-electron chi connectivity index (χ0n) is 17.5. The summed E-state index contributed by atoms with van der Waals surface area (Å²) in [5, 5.41) is 15.7. The third-order valence-corrected chi connectivity index (χ3v) is 5.36. The number of aromatic amines is 1. The molecule has 0 saturated carbocycles. The van der Waals surface area contributed by atoms with Gasteiger partial charge in [0.1, 0.15) is 5.54 Å². The fraction of sp³-hybridized carbons (Fsp3) is 0.238. The van der Waals surface area contributed by atoms with Crippen LogP contribution in [-0.2, 0) is 10.3 Å². The van der Waals surface area contributed by atoms with Gasteiger partial charge in [-0.3, -0.25) is 18.8 Å². The van der Waals surface area contributed by atoms with E-state index in [2.05, 4.69) is 15.1 Å². The van der Waals surface area contributed by atoms with Crippen molar-refractivity contribution in [3.8, 4) is 28.6 Å². The molecule has 31 heavy (non-hydrogen) atoms. The van der Waals surface area contributed by atoms with Crippen molar-refractivity contribution in [2.24, 2.45) is 5.73 Å². The Morgan fingerprint density at radius 1 is 1.29 bits per heavy atom. The van der Waals surface area contributed by atoms with E-state index in [0.717, 1.165) is 5.56 Å². The van der Waals surface area contributed by atoms with Gasteiger partial charge in [-0.05, 0) is 38.5 Å². The number of nitrogens with zero attached hydrogens (tertiary/aromatic N) is 4. The van der Waals surface area contributed by atoms with Crippen molar-refractivity contribution in [2.45, 2.75) is 26.3 Å². The van der Waals surface area contributed by atoms with E-state index < -0.39 is 11.4 Å². The molecule has 0 bridgehead atoms. The van der Waals surface area contributed by atoms with Crippen molar-refractivity contribution in [1.29, 1.82) is 0 Å². The fourth-order valence-electron chi connectivity index (χ4n) is 3.35. The molecular formula is C21H22N6O4. The van der Waals surface area contributed by atoms with Gasteiger partial charge in [0.15, 0.2) is 5.75 Å². The maximum Gasteiger partial charge on any atom is 0.290 e. The number of amides is 1. The molecule has 0 atom stereocenters. The van der Waals surface area contributed by atoms with Gasteiger partial charge in [-0.1, -0.05) is 0 Å². The number of carbonyl (C=O) groups excluding carboxylic acids is 1. The first-order valence-corrected chi connectivity index (χ1v) is 9.47. The van der Waals surface area contributed by atoms with E-state index in [9.17, 15) is 14.7 Å². The summed E-state index contributed by atoms with van der Waals surface area (Å²) >= 11 is 0. The number of aromatic hydroxyl groups is 1. The molecule has 0 aliphatic heterocycles. The highest BCUT2D eigenvalue weighted by Gasteiger charge is 2.28. The molecule has 1 amide bonds. The van der Waals surface area contributed by atoms with Gasteiger partial charge < -0.3 is 20.6 Å². The Kier molecular flexibility index (Phi) is 4.57. The van der Waals surface area contributed by atoms with Gasteiger partial charge in [-0.15, -0.1) is 0 Å². The highest BCUT2D eigenvalue weighted by Crippen LogP contribution is 2.34. The minimum Gasteiger partial charge on any atom is -0.494 e. The summed E-state index contributed by atoms with van der Waals surface area (Å²) in [6.07, 6.45) is 6.41. The van der Waals surface area contributed by atoms with E-state index in [1.54, 1.807) is 43.1 Å². The standard InChI is InChI=1S/C21H22N6O4/c1-11-5-14(12-6-16(31-4)18(28)23-7-12)25-15-10-26(19(29)17(11)15)13-8-24-27(9-13)21(2,3)20(22)30/h5-10,29H,1-4H3,(H2,22,30)(H,23,28). The average molecular weight is 422 g/mol. The van der Waals surface area contributed by atoms with Gasteiger partial charge in [0.25, 0.3) is 5.56 Å². The molecular weight excluding hydrogens is 400 g/mol. The van der Waals surface area contributed by atoms with Crippen molar-refractivity contribution in [3.05, 3.63) is 52.8 Å². The third-order valence-electron chi connectivity index (χ3n) is 5.36. The summed E-state index contributed by atoms with van der Waals surface area (Å²) in [5.74, 6) is -0.341. The largest absolute Gasteiger partial charge is 0.494 e. The zero-order chi connectivity index (χ0) is 22.5. The Morgan fingerprint density at radius 3 is 2.71 bits per heavy atom. The van der Waals surface area contributed by atoms with E-state index in [4.69, 9.17) is 10.5 Å². The summed E-state index contributed by atoms with van der Waals surface area (Å²) in [7, 11) is 1.42. The van der Waals surface area contributed by atoms with Crippen molar-refractivity contribution in [3.63, 3.8) is 0 Å². The fourth-order valence-corrected chi connectivity index (χ4v) is 3.35. The quantitative estimate of drug-likeness (QED) is 0.448. The van der Waals surface area contributed by atoms with Gasteiger partial charge >= 0.3 is 0 Å². The van der Waals surface area contributed by atoms with Crippen molar-refractivity contribution in [1.82, 2.24) is 24.3 Å². The second kappa shape index (κ2) is 7.01. The lowest BCUT2D eigenvalue weighted by molar-refractivity contribution is -0.125. The number of fused-ring (bicyclic) bond motifs is 1. The first-order chi connectivity index (χ1) is 14.6. The van der Waals surface area contributed by atoms with Gasteiger partial charge in [-0.2, -0.15) is 5.10 Å². The number of nitrogens with one attached hydrogen (secondary N) is 1. The van der Waals surface area contributed by atoms with E-state index in [0.29, 0.717) is 27.8 Å². The Hall–Kier alpha value is -4.08. The van der Waals surface area contributed by atoms with Gasteiger partial charge in [0.05, 0.1) is 41.8 Å². The molecule has 4 aromatic heterocycles. The van der Waals surface area contributed by atoms with Crippen LogP contribution in [0.4, 0.5) is 0 Å².